The number of hydrogen-bond donors (Lipinski definition) is 2. The number of halogens is 12. The van der Waals surface area contributed by atoms with Gasteiger partial charge in [0.25, 0.3) is 5.91 Å². The van der Waals surface area contributed by atoms with Crippen LogP contribution in [0.15, 0.2) is 48.5 Å². The minimum absolute atomic E-state index is 0.302. The van der Waals surface area contributed by atoms with Crippen LogP contribution in [0.3, 0.4) is 0 Å². The van der Waals surface area contributed by atoms with E-state index in [-0.39, 0.29) is 0 Å². The van der Waals surface area contributed by atoms with Gasteiger partial charge in [0, 0.05) is 0 Å². The molecule has 0 saturated carbocycles. The number of allylic oxidation sites excluding steroid dienone is 1. The smallest absolute Gasteiger partial charge is 0.406 e. The minimum atomic E-state index is -5.25. The second-order valence-corrected chi connectivity index (χ2v) is 8.33. The van der Waals surface area contributed by atoms with Gasteiger partial charge in [-0.05, 0) is 42.3 Å². The van der Waals surface area contributed by atoms with Crippen LogP contribution in [0, 0.1) is 0 Å². The van der Waals surface area contributed by atoms with Crippen molar-refractivity contribution in [2.24, 2.45) is 0 Å². The SMILES string of the molecule is C[C@@H](NC(=O)c1ccc(/C=C/C(c2cccc(OC(F)(F)F)c2)C(F)(F)F)cc1C(F)(F)F)C(=O)NCC(F)(F)F. The summed E-state index contributed by atoms with van der Waals surface area (Å²) in [5.74, 6) is -6.41. The maximum atomic E-state index is 13.7. The largest absolute Gasteiger partial charge is 0.573 e. The maximum absolute atomic E-state index is 13.7. The Morgan fingerprint density at radius 2 is 1.54 bits per heavy atom. The highest BCUT2D eigenvalue weighted by Crippen LogP contribution is 2.39. The van der Waals surface area contributed by atoms with Gasteiger partial charge in [-0.2, -0.15) is 39.5 Å². The van der Waals surface area contributed by atoms with Crippen molar-refractivity contribution >= 4 is 17.9 Å². The monoisotopic (exact) mass is 610 g/mol. The first-order valence-corrected chi connectivity index (χ1v) is 11.0. The second-order valence-electron chi connectivity index (χ2n) is 8.33. The molecule has 226 valence electrons. The summed E-state index contributed by atoms with van der Waals surface area (Å²) in [6.45, 7) is -0.862. The van der Waals surface area contributed by atoms with Crippen molar-refractivity contribution in [2.75, 3.05) is 6.54 Å². The number of alkyl halides is 12. The average molecular weight is 610 g/mol. The Balaban J connectivity index is 2.36. The molecule has 0 spiro atoms. The molecule has 2 aromatic carbocycles. The van der Waals surface area contributed by atoms with Crippen LogP contribution in [-0.4, -0.2) is 43.1 Å². The second kappa shape index (κ2) is 12.3. The number of nitrogens with one attached hydrogen (secondary N) is 2. The van der Waals surface area contributed by atoms with E-state index in [0.717, 1.165) is 31.2 Å². The van der Waals surface area contributed by atoms with Crippen LogP contribution in [0.5, 0.6) is 5.75 Å². The summed E-state index contributed by atoms with van der Waals surface area (Å²) in [7, 11) is 0. The molecule has 41 heavy (non-hydrogen) atoms. The molecule has 1 unspecified atom stereocenters. The van der Waals surface area contributed by atoms with E-state index >= 15 is 0 Å². The lowest BCUT2D eigenvalue weighted by Crippen LogP contribution is -2.47. The molecule has 0 fully saturated rings. The molecule has 0 saturated heterocycles. The summed E-state index contributed by atoms with van der Waals surface area (Å²) in [5.41, 5.74) is -3.96. The normalized spacial score (nSPS) is 14.5. The van der Waals surface area contributed by atoms with Gasteiger partial charge < -0.3 is 15.4 Å². The number of carbonyl (C=O) groups excluding carboxylic acids is 2. The third-order valence-electron chi connectivity index (χ3n) is 5.08. The summed E-state index contributed by atoms with van der Waals surface area (Å²) in [5, 5.41) is 3.24. The third-order valence-corrected chi connectivity index (χ3v) is 5.08. The van der Waals surface area contributed by atoms with Crippen molar-refractivity contribution in [1.82, 2.24) is 10.6 Å². The molecule has 0 aromatic heterocycles. The van der Waals surface area contributed by atoms with Gasteiger partial charge in [-0.3, -0.25) is 9.59 Å². The number of ether oxygens (including phenoxy) is 1. The molecule has 0 heterocycles. The van der Waals surface area contributed by atoms with Crippen molar-refractivity contribution in [3.8, 4) is 5.75 Å². The molecule has 2 atom stereocenters. The highest BCUT2D eigenvalue weighted by molar-refractivity contribution is 5.99. The van der Waals surface area contributed by atoms with Gasteiger partial charge in [-0.25, -0.2) is 0 Å². The summed E-state index contributed by atoms with van der Waals surface area (Å²) < 4.78 is 160. The maximum Gasteiger partial charge on any atom is 0.573 e. The number of benzene rings is 2. The molecule has 17 heteroatoms. The molecule has 0 aliphatic heterocycles. The van der Waals surface area contributed by atoms with Gasteiger partial charge in [-0.1, -0.05) is 30.4 Å². The van der Waals surface area contributed by atoms with Gasteiger partial charge in [-0.15, -0.1) is 13.2 Å². The lowest BCUT2D eigenvalue weighted by Gasteiger charge is -2.19. The first-order chi connectivity index (χ1) is 18.6. The van der Waals surface area contributed by atoms with E-state index in [2.05, 4.69) is 4.74 Å². The van der Waals surface area contributed by atoms with Crippen molar-refractivity contribution in [3.05, 3.63) is 70.8 Å². The fraction of sp³-hybridized carbons (Fsp3) is 0.333. The molecule has 2 aromatic rings. The summed E-state index contributed by atoms with van der Waals surface area (Å²) in [6.07, 6.45) is -19.4. The molecular formula is C24H18F12N2O3. The molecule has 5 nitrogen and oxygen atoms in total. The van der Waals surface area contributed by atoms with E-state index in [1.54, 1.807) is 5.32 Å². The molecule has 0 aliphatic rings. The molecule has 0 aliphatic carbocycles. The number of carbonyl (C=O) groups is 2. The Kier molecular flexibility index (Phi) is 9.99. The van der Waals surface area contributed by atoms with Crippen LogP contribution in [0.4, 0.5) is 52.7 Å². The predicted molar refractivity (Wildman–Crippen MR) is 118 cm³/mol. The van der Waals surface area contributed by atoms with E-state index in [1.807, 2.05) is 0 Å². The quantitative estimate of drug-likeness (QED) is 0.325. The van der Waals surface area contributed by atoms with Gasteiger partial charge in [0.05, 0.1) is 17.0 Å². The van der Waals surface area contributed by atoms with Gasteiger partial charge >= 0.3 is 24.9 Å². The number of hydrogen-bond acceptors (Lipinski definition) is 3. The average Bonchev–Trinajstić information content (AvgIpc) is 2.79. The van der Waals surface area contributed by atoms with Gasteiger partial charge in [0.1, 0.15) is 18.3 Å². The zero-order chi connectivity index (χ0) is 31.4. The van der Waals surface area contributed by atoms with Crippen molar-refractivity contribution in [2.45, 2.75) is 43.8 Å². The lowest BCUT2D eigenvalue weighted by molar-refractivity contribution is -0.274. The Hall–Kier alpha value is -3.92. The zero-order valence-electron chi connectivity index (χ0n) is 20.3. The Bertz CT molecular complexity index is 1260. The zero-order valence-corrected chi connectivity index (χ0v) is 20.3. The van der Waals surface area contributed by atoms with E-state index in [0.29, 0.717) is 30.4 Å². The molecular weight excluding hydrogens is 592 g/mol. The van der Waals surface area contributed by atoms with Crippen LogP contribution in [0.25, 0.3) is 6.08 Å². The standard InChI is InChI=1S/C24H18F12N2O3/c1-12(19(39)37-11-21(25,26)27)38-20(40)16-7-5-13(9-18(16)23(31,32)33)6-8-17(22(28,29)30)14-3-2-4-15(10-14)41-24(34,35)36/h2-10,12,17H,11H2,1H3,(H,37,39)(H,38,40)/b8-6+/t12-,17?/m1/s1. The fourth-order valence-electron chi connectivity index (χ4n) is 3.30. The minimum Gasteiger partial charge on any atom is -0.406 e. The third kappa shape index (κ3) is 10.5. The molecule has 0 radical (unpaired) electrons. The van der Waals surface area contributed by atoms with Crippen LogP contribution < -0.4 is 15.4 Å². The molecule has 2 N–H and O–H groups in total. The summed E-state index contributed by atoms with van der Waals surface area (Å²) in [4.78, 5) is 24.1. The van der Waals surface area contributed by atoms with E-state index in [4.69, 9.17) is 0 Å². The Morgan fingerprint density at radius 3 is 2.07 bits per heavy atom. The van der Waals surface area contributed by atoms with Crippen molar-refractivity contribution < 1.29 is 67.0 Å². The lowest BCUT2D eigenvalue weighted by atomic mass is 9.96. The van der Waals surface area contributed by atoms with Crippen LogP contribution in [0.1, 0.15) is 39.9 Å². The van der Waals surface area contributed by atoms with Crippen molar-refractivity contribution in [1.29, 1.82) is 0 Å². The topological polar surface area (TPSA) is 67.4 Å². The number of rotatable bonds is 8. The Morgan fingerprint density at radius 1 is 0.902 bits per heavy atom. The van der Waals surface area contributed by atoms with E-state index < -0.39 is 83.2 Å². The van der Waals surface area contributed by atoms with Crippen LogP contribution in [0.2, 0.25) is 0 Å². The summed E-state index contributed by atoms with van der Waals surface area (Å²) in [6, 6.07) is 2.86. The molecule has 2 amide bonds. The van der Waals surface area contributed by atoms with Crippen LogP contribution in [-0.2, 0) is 11.0 Å². The summed E-state index contributed by atoms with van der Waals surface area (Å²) >= 11 is 0. The van der Waals surface area contributed by atoms with Crippen molar-refractivity contribution in [3.63, 3.8) is 0 Å². The van der Waals surface area contributed by atoms with Gasteiger partial charge in [0.2, 0.25) is 5.91 Å². The van der Waals surface area contributed by atoms with Crippen LogP contribution >= 0.6 is 0 Å². The van der Waals surface area contributed by atoms with E-state index in [9.17, 15) is 62.3 Å². The van der Waals surface area contributed by atoms with E-state index in [1.165, 1.54) is 5.32 Å². The first kappa shape index (κ1) is 33.3. The predicted octanol–water partition coefficient (Wildman–Crippen LogP) is 6.76. The highest BCUT2D eigenvalue weighted by atomic mass is 19.4. The number of amides is 2. The molecule has 0 bridgehead atoms. The Labute approximate surface area is 223 Å². The van der Waals surface area contributed by atoms with Gasteiger partial charge in [0.15, 0.2) is 0 Å². The highest BCUT2D eigenvalue weighted by Gasteiger charge is 2.40. The fourth-order valence-corrected chi connectivity index (χ4v) is 3.30. The first-order valence-electron chi connectivity index (χ1n) is 11.0. The molecule has 2 rings (SSSR count).